The summed E-state index contributed by atoms with van der Waals surface area (Å²) in [7, 11) is -4.30. The Balaban J connectivity index is 3.83. The van der Waals surface area contributed by atoms with Gasteiger partial charge in [-0.1, -0.05) is 173 Å². The lowest BCUT2D eigenvalue weighted by atomic mass is 10.0. The minimum atomic E-state index is -4.30. The fourth-order valence-electron chi connectivity index (χ4n) is 5.95. The fraction of sp³-hybridized carbons (Fsp3) is 0.872. The van der Waals surface area contributed by atoms with Gasteiger partial charge in [-0.05, 0) is 44.9 Å². The van der Waals surface area contributed by atoms with Crippen molar-refractivity contribution in [1.82, 2.24) is 5.32 Å². The van der Waals surface area contributed by atoms with Crippen molar-refractivity contribution in [2.24, 2.45) is 0 Å². The first-order valence-electron chi connectivity index (χ1n) is 19.5. The zero-order valence-electron chi connectivity index (χ0n) is 30.2. The summed E-state index contributed by atoms with van der Waals surface area (Å²) in [6.45, 7) is 4.48. The maximum Gasteiger partial charge on any atom is 0.266 e. The van der Waals surface area contributed by atoms with E-state index in [9.17, 15) is 22.9 Å². The molecule has 7 heteroatoms. The van der Waals surface area contributed by atoms with Crippen molar-refractivity contribution < 1.29 is 22.9 Å². The zero-order valence-corrected chi connectivity index (χ0v) is 31.0. The van der Waals surface area contributed by atoms with Crippen molar-refractivity contribution in [2.45, 2.75) is 212 Å². The Morgan fingerprint density at radius 2 is 0.978 bits per heavy atom. The molecule has 2 unspecified atom stereocenters. The smallest absolute Gasteiger partial charge is 0.266 e. The third-order valence-electron chi connectivity index (χ3n) is 8.91. The van der Waals surface area contributed by atoms with E-state index in [1.54, 1.807) is 0 Å². The second-order valence-electron chi connectivity index (χ2n) is 13.6. The molecule has 0 heterocycles. The standard InChI is InChI=1S/C39H75NO5S/c1-3-5-7-9-11-13-15-16-17-18-19-20-21-22-23-24-25-27-29-31-33-35-39(42)40-37(36-46(43,44)45)38(41)34-32-30-28-26-14-12-10-8-6-4-2/h15-16,18-19,37-38,41H,3-14,17,20-36H2,1-2H3,(H,40,42)(H,43,44,45)/b16-15-,19-18-. The summed E-state index contributed by atoms with van der Waals surface area (Å²) in [6.07, 6.45) is 41.3. The summed E-state index contributed by atoms with van der Waals surface area (Å²) in [5.41, 5.74) is 0. The van der Waals surface area contributed by atoms with Gasteiger partial charge in [-0.15, -0.1) is 0 Å². The van der Waals surface area contributed by atoms with Gasteiger partial charge in [0.1, 0.15) is 0 Å². The van der Waals surface area contributed by atoms with Gasteiger partial charge in [0, 0.05) is 6.42 Å². The lowest BCUT2D eigenvalue weighted by molar-refractivity contribution is -0.122. The van der Waals surface area contributed by atoms with E-state index in [0.29, 0.717) is 12.8 Å². The average Bonchev–Trinajstić information content (AvgIpc) is 3.01. The van der Waals surface area contributed by atoms with Crippen molar-refractivity contribution in [2.75, 3.05) is 5.75 Å². The van der Waals surface area contributed by atoms with Crippen LogP contribution in [-0.4, -0.2) is 41.9 Å². The molecule has 0 aliphatic heterocycles. The molecule has 0 rings (SSSR count). The topological polar surface area (TPSA) is 104 Å². The van der Waals surface area contributed by atoms with Crippen molar-refractivity contribution in [3.8, 4) is 0 Å². The van der Waals surface area contributed by atoms with E-state index in [-0.39, 0.29) is 5.91 Å². The molecule has 272 valence electrons. The second kappa shape index (κ2) is 33.7. The van der Waals surface area contributed by atoms with Gasteiger partial charge in [0.25, 0.3) is 10.1 Å². The van der Waals surface area contributed by atoms with Crippen molar-refractivity contribution in [1.29, 1.82) is 0 Å². The van der Waals surface area contributed by atoms with Gasteiger partial charge < -0.3 is 10.4 Å². The van der Waals surface area contributed by atoms with Gasteiger partial charge >= 0.3 is 0 Å². The van der Waals surface area contributed by atoms with Crippen LogP contribution in [0.5, 0.6) is 0 Å². The molecule has 0 aromatic carbocycles. The summed E-state index contributed by atoms with van der Waals surface area (Å²) in [4.78, 5) is 12.5. The third-order valence-corrected chi connectivity index (χ3v) is 9.69. The average molecular weight is 670 g/mol. The Morgan fingerprint density at radius 3 is 1.41 bits per heavy atom. The molecule has 0 fully saturated rings. The second-order valence-corrected chi connectivity index (χ2v) is 15.1. The van der Waals surface area contributed by atoms with E-state index in [0.717, 1.165) is 44.9 Å². The van der Waals surface area contributed by atoms with Crippen LogP contribution in [0.4, 0.5) is 0 Å². The molecular weight excluding hydrogens is 594 g/mol. The summed E-state index contributed by atoms with van der Waals surface area (Å²) in [5, 5.41) is 13.3. The molecule has 6 nitrogen and oxygen atoms in total. The Morgan fingerprint density at radius 1 is 0.587 bits per heavy atom. The van der Waals surface area contributed by atoms with Crippen LogP contribution < -0.4 is 5.32 Å². The normalized spacial score (nSPS) is 13.6. The van der Waals surface area contributed by atoms with Gasteiger partial charge in [-0.25, -0.2) is 0 Å². The molecule has 0 radical (unpaired) electrons. The number of allylic oxidation sites excluding steroid dienone is 4. The molecule has 0 aliphatic carbocycles. The number of rotatable bonds is 35. The van der Waals surface area contributed by atoms with Crippen LogP contribution in [0.3, 0.4) is 0 Å². The van der Waals surface area contributed by atoms with Gasteiger partial charge in [-0.2, -0.15) is 8.42 Å². The van der Waals surface area contributed by atoms with Crippen LogP contribution >= 0.6 is 0 Å². The van der Waals surface area contributed by atoms with E-state index >= 15 is 0 Å². The number of unbranched alkanes of at least 4 members (excludes halogenated alkanes) is 23. The molecule has 0 aliphatic rings. The Bertz CT molecular complexity index is 826. The highest BCUT2D eigenvalue weighted by atomic mass is 32.2. The predicted octanol–water partition coefficient (Wildman–Crippen LogP) is 11.2. The maximum absolute atomic E-state index is 12.5. The van der Waals surface area contributed by atoms with Crippen LogP contribution in [0, 0.1) is 0 Å². The number of amides is 1. The molecule has 2 atom stereocenters. The van der Waals surface area contributed by atoms with E-state index in [4.69, 9.17) is 0 Å². The van der Waals surface area contributed by atoms with Gasteiger partial charge in [0.2, 0.25) is 5.91 Å². The third kappa shape index (κ3) is 34.2. The van der Waals surface area contributed by atoms with Crippen molar-refractivity contribution >= 4 is 16.0 Å². The monoisotopic (exact) mass is 670 g/mol. The van der Waals surface area contributed by atoms with E-state index < -0.39 is 28.0 Å². The highest BCUT2D eigenvalue weighted by Crippen LogP contribution is 2.15. The van der Waals surface area contributed by atoms with E-state index in [2.05, 4.69) is 43.5 Å². The predicted molar refractivity (Wildman–Crippen MR) is 198 cm³/mol. The summed E-state index contributed by atoms with van der Waals surface area (Å²) in [6, 6.07) is -0.969. The number of nitrogens with one attached hydrogen (secondary N) is 1. The lowest BCUT2D eigenvalue weighted by Crippen LogP contribution is -2.47. The molecule has 3 N–H and O–H groups in total. The summed E-state index contributed by atoms with van der Waals surface area (Å²) < 4.78 is 32.4. The maximum atomic E-state index is 12.5. The Hall–Kier alpha value is -1.18. The Labute approximate surface area is 285 Å². The first-order chi connectivity index (χ1) is 22.3. The van der Waals surface area contributed by atoms with Gasteiger partial charge in [-0.3, -0.25) is 9.35 Å². The molecule has 0 saturated carbocycles. The van der Waals surface area contributed by atoms with Gasteiger partial charge in [0.05, 0.1) is 17.9 Å². The Kier molecular flexibility index (Phi) is 32.8. The van der Waals surface area contributed by atoms with Crippen LogP contribution in [0.1, 0.15) is 200 Å². The van der Waals surface area contributed by atoms with Crippen molar-refractivity contribution in [3.05, 3.63) is 24.3 Å². The van der Waals surface area contributed by atoms with E-state index in [1.165, 1.54) is 128 Å². The quantitative estimate of drug-likeness (QED) is 0.0354. The largest absolute Gasteiger partial charge is 0.391 e. The number of aliphatic hydroxyl groups excluding tert-OH is 1. The number of aliphatic hydroxyl groups is 1. The van der Waals surface area contributed by atoms with Crippen LogP contribution in [0.2, 0.25) is 0 Å². The molecule has 0 aromatic heterocycles. The first kappa shape index (κ1) is 44.8. The molecule has 0 saturated heterocycles. The van der Waals surface area contributed by atoms with Crippen LogP contribution in [-0.2, 0) is 14.9 Å². The molecular formula is C39H75NO5S. The highest BCUT2D eigenvalue weighted by molar-refractivity contribution is 7.85. The SMILES string of the molecule is CCCCCCC/C=C\C/C=C\CCCCCCCCCCCC(=O)NC(CS(=O)(=O)O)C(O)CCCCCCCCCCCC. The van der Waals surface area contributed by atoms with Gasteiger partial charge in [0.15, 0.2) is 0 Å². The fourth-order valence-corrected chi connectivity index (χ4v) is 6.71. The van der Waals surface area contributed by atoms with Crippen LogP contribution in [0.15, 0.2) is 24.3 Å². The number of hydrogen-bond acceptors (Lipinski definition) is 4. The summed E-state index contributed by atoms with van der Waals surface area (Å²) in [5.74, 6) is -0.899. The molecule has 1 amide bonds. The van der Waals surface area contributed by atoms with E-state index in [1.807, 2.05) is 0 Å². The van der Waals surface area contributed by atoms with Crippen molar-refractivity contribution in [3.63, 3.8) is 0 Å². The molecule has 0 bridgehead atoms. The number of hydrogen-bond donors (Lipinski definition) is 3. The first-order valence-corrected chi connectivity index (χ1v) is 21.1. The number of carbonyl (C=O) groups excluding carboxylic acids is 1. The molecule has 0 spiro atoms. The van der Waals surface area contributed by atoms with Crippen LogP contribution in [0.25, 0.3) is 0 Å². The minimum absolute atomic E-state index is 0.251. The summed E-state index contributed by atoms with van der Waals surface area (Å²) >= 11 is 0. The molecule has 46 heavy (non-hydrogen) atoms. The zero-order chi connectivity index (χ0) is 34.0. The number of carbonyl (C=O) groups is 1. The lowest BCUT2D eigenvalue weighted by Gasteiger charge is -2.23. The minimum Gasteiger partial charge on any atom is -0.391 e. The molecule has 0 aromatic rings. The highest BCUT2D eigenvalue weighted by Gasteiger charge is 2.26.